The topological polar surface area (TPSA) is 119 Å². The van der Waals surface area contributed by atoms with Crippen LogP contribution in [-0.4, -0.2) is 78.1 Å². The van der Waals surface area contributed by atoms with E-state index in [4.69, 9.17) is 0 Å². The summed E-state index contributed by atoms with van der Waals surface area (Å²) in [4.78, 5) is 15.1. The van der Waals surface area contributed by atoms with Crippen LogP contribution in [0.4, 0.5) is 10.2 Å². The van der Waals surface area contributed by atoms with Gasteiger partial charge in [0, 0.05) is 31.5 Å². The molecule has 0 saturated carbocycles. The Bertz CT molecular complexity index is 1050. The molecule has 4 heterocycles. The first kappa shape index (κ1) is 22.5. The lowest BCUT2D eigenvalue weighted by Crippen LogP contribution is -2.56. The Morgan fingerprint density at radius 1 is 1.25 bits per heavy atom. The summed E-state index contributed by atoms with van der Waals surface area (Å²) in [5.41, 5.74) is 0.234. The molecule has 4 rings (SSSR count). The molecule has 1 fully saturated rings. The van der Waals surface area contributed by atoms with Crippen molar-refractivity contribution in [1.82, 2.24) is 24.3 Å². The second kappa shape index (κ2) is 9.45. The molecule has 1 unspecified atom stereocenters. The molecular weight excluding hydrogens is 415 g/mol. The summed E-state index contributed by atoms with van der Waals surface area (Å²) in [5.74, 6) is 0.668. The van der Waals surface area contributed by atoms with Gasteiger partial charge in [-0.05, 0) is 37.5 Å². The van der Waals surface area contributed by atoms with Gasteiger partial charge in [0.1, 0.15) is 29.2 Å². The van der Waals surface area contributed by atoms with Crippen molar-refractivity contribution < 1.29 is 19.7 Å². The number of rotatable bonds is 8. The van der Waals surface area contributed by atoms with Crippen LogP contribution in [-0.2, 0) is 0 Å². The second-order valence-electron chi connectivity index (χ2n) is 8.37. The average molecular weight is 445 g/mol. The number of pyridine rings is 1. The molecule has 0 aromatic carbocycles. The van der Waals surface area contributed by atoms with E-state index in [9.17, 15) is 19.7 Å². The summed E-state index contributed by atoms with van der Waals surface area (Å²) in [7, 11) is 0. The molecule has 0 bridgehead atoms. The number of hydrogen-bond donors (Lipinski definition) is 4. The maximum Gasteiger partial charge on any atom is 0.180 e. The van der Waals surface area contributed by atoms with Crippen LogP contribution in [0.15, 0.2) is 36.8 Å². The van der Waals surface area contributed by atoms with Crippen molar-refractivity contribution in [2.45, 2.75) is 38.5 Å². The third-order valence-corrected chi connectivity index (χ3v) is 6.39. The predicted octanol–water partition coefficient (Wildman–Crippen LogP) is 1.51. The predicted molar refractivity (Wildman–Crippen MR) is 117 cm³/mol. The zero-order chi connectivity index (χ0) is 22.7. The molecule has 0 aliphatic carbocycles. The number of hydrogen-bond acceptors (Lipinski definition) is 8. The fraction of sp³-hybridized carbons (Fsp3) is 0.500. The summed E-state index contributed by atoms with van der Waals surface area (Å²) in [6, 6.07) is 4.74. The van der Waals surface area contributed by atoms with Crippen molar-refractivity contribution in [3.8, 4) is 11.5 Å². The van der Waals surface area contributed by atoms with Crippen molar-refractivity contribution in [3.63, 3.8) is 0 Å². The van der Waals surface area contributed by atoms with Gasteiger partial charge in [-0.15, -0.1) is 0 Å². The highest BCUT2D eigenvalue weighted by atomic mass is 19.1. The van der Waals surface area contributed by atoms with E-state index in [-0.39, 0.29) is 25.1 Å². The largest absolute Gasteiger partial charge is 0.396 e. The van der Waals surface area contributed by atoms with Gasteiger partial charge in [0.15, 0.2) is 5.82 Å². The third kappa shape index (κ3) is 4.31. The van der Waals surface area contributed by atoms with Gasteiger partial charge in [-0.1, -0.05) is 6.92 Å². The standard InChI is InChI=1S/C22H29FN6O3/c1-2-22(13-30,14-31)21(32)28-9-3-4-16(12-28)26-18-7-8-24-20(27-18)17-10-25-19-6-5-15(23)11-29(17)19/h5-8,10-11,16,21,30-32H,2-4,9,12-14H2,1H3,(H,24,26,27)/t16-,21?/m1/s1. The lowest BCUT2D eigenvalue weighted by atomic mass is 9.83. The first-order valence-electron chi connectivity index (χ1n) is 10.9. The van der Waals surface area contributed by atoms with Gasteiger partial charge < -0.3 is 20.6 Å². The van der Waals surface area contributed by atoms with Gasteiger partial charge >= 0.3 is 0 Å². The number of aliphatic hydroxyl groups is 3. The maximum atomic E-state index is 13.7. The number of aromatic nitrogens is 4. The molecule has 4 N–H and O–H groups in total. The number of anilines is 1. The molecule has 3 aromatic rings. The van der Waals surface area contributed by atoms with Crippen LogP contribution < -0.4 is 5.32 Å². The van der Waals surface area contributed by atoms with Crippen LogP contribution in [0.1, 0.15) is 26.2 Å². The minimum Gasteiger partial charge on any atom is -0.396 e. The first-order chi connectivity index (χ1) is 15.5. The van der Waals surface area contributed by atoms with Crippen molar-refractivity contribution >= 4 is 11.5 Å². The summed E-state index contributed by atoms with van der Waals surface area (Å²) in [6.07, 6.45) is 5.87. The van der Waals surface area contributed by atoms with Crippen LogP contribution in [0.3, 0.4) is 0 Å². The maximum absolute atomic E-state index is 13.7. The summed E-state index contributed by atoms with van der Waals surface area (Å²) < 4.78 is 15.3. The molecular formula is C22H29FN6O3. The molecule has 1 saturated heterocycles. The zero-order valence-corrected chi connectivity index (χ0v) is 18.0. The van der Waals surface area contributed by atoms with Crippen LogP contribution >= 0.6 is 0 Å². The minimum atomic E-state index is -0.956. The number of fused-ring (bicyclic) bond motifs is 1. The average Bonchev–Trinajstić information content (AvgIpc) is 3.24. The molecule has 0 amide bonds. The smallest absolute Gasteiger partial charge is 0.180 e. The van der Waals surface area contributed by atoms with Gasteiger partial charge in [-0.2, -0.15) is 0 Å². The zero-order valence-electron chi connectivity index (χ0n) is 18.0. The molecule has 1 aliphatic heterocycles. The molecule has 2 atom stereocenters. The highest BCUT2D eigenvalue weighted by Crippen LogP contribution is 2.30. The Kier molecular flexibility index (Phi) is 6.66. The fourth-order valence-electron chi connectivity index (χ4n) is 4.24. The quantitative estimate of drug-likeness (QED) is 0.413. The SMILES string of the molecule is CCC(CO)(CO)C(O)N1CCC[C@@H](Nc2ccnc(-c3cnc4ccc(F)cn34)n2)C1. The number of halogens is 1. The molecule has 0 spiro atoms. The first-order valence-corrected chi connectivity index (χ1v) is 10.9. The van der Waals surface area contributed by atoms with Crippen molar-refractivity contribution in [2.24, 2.45) is 5.41 Å². The summed E-state index contributed by atoms with van der Waals surface area (Å²) >= 11 is 0. The monoisotopic (exact) mass is 444 g/mol. The van der Waals surface area contributed by atoms with E-state index in [0.717, 1.165) is 12.8 Å². The minimum absolute atomic E-state index is 0.0210. The number of piperidine rings is 1. The molecule has 32 heavy (non-hydrogen) atoms. The number of imidazole rings is 1. The Labute approximate surface area is 185 Å². The van der Waals surface area contributed by atoms with Gasteiger partial charge in [0.25, 0.3) is 0 Å². The lowest BCUT2D eigenvalue weighted by Gasteiger charge is -2.44. The highest BCUT2D eigenvalue weighted by molar-refractivity contribution is 5.58. The number of nitrogens with zero attached hydrogens (tertiary/aromatic N) is 5. The highest BCUT2D eigenvalue weighted by Gasteiger charge is 2.40. The van der Waals surface area contributed by atoms with Gasteiger partial charge in [0.2, 0.25) is 0 Å². The van der Waals surface area contributed by atoms with Crippen LogP contribution in [0, 0.1) is 11.2 Å². The van der Waals surface area contributed by atoms with Gasteiger partial charge in [0.05, 0.1) is 24.8 Å². The number of nitrogens with one attached hydrogen (secondary N) is 1. The van der Waals surface area contributed by atoms with E-state index in [1.54, 1.807) is 28.9 Å². The van der Waals surface area contributed by atoms with E-state index in [1.165, 1.54) is 12.3 Å². The van der Waals surface area contributed by atoms with Crippen molar-refractivity contribution in [1.29, 1.82) is 0 Å². The molecule has 3 aromatic heterocycles. The van der Waals surface area contributed by atoms with Gasteiger partial charge in [-0.25, -0.2) is 19.3 Å². The normalized spacial score (nSPS) is 18.7. The molecule has 0 radical (unpaired) electrons. The van der Waals surface area contributed by atoms with Crippen LogP contribution in [0.25, 0.3) is 17.2 Å². The van der Waals surface area contributed by atoms with Gasteiger partial charge in [-0.3, -0.25) is 9.30 Å². The van der Waals surface area contributed by atoms with E-state index in [2.05, 4.69) is 20.3 Å². The molecule has 9 nitrogen and oxygen atoms in total. The van der Waals surface area contributed by atoms with Crippen molar-refractivity contribution in [2.75, 3.05) is 31.6 Å². The second-order valence-corrected chi connectivity index (χ2v) is 8.37. The Balaban J connectivity index is 1.50. The van der Waals surface area contributed by atoms with Crippen LogP contribution in [0.2, 0.25) is 0 Å². The fourth-order valence-corrected chi connectivity index (χ4v) is 4.24. The third-order valence-electron chi connectivity index (χ3n) is 6.39. The van der Waals surface area contributed by atoms with E-state index in [1.807, 2.05) is 11.8 Å². The number of aliphatic hydroxyl groups excluding tert-OH is 3. The lowest BCUT2D eigenvalue weighted by molar-refractivity contribution is -0.139. The molecule has 10 heteroatoms. The molecule has 1 aliphatic rings. The van der Waals surface area contributed by atoms with Crippen molar-refractivity contribution in [3.05, 3.63) is 42.6 Å². The van der Waals surface area contributed by atoms with E-state index >= 15 is 0 Å². The van der Waals surface area contributed by atoms with Crippen LogP contribution in [0.5, 0.6) is 0 Å². The Hall–Kier alpha value is -2.66. The summed E-state index contributed by atoms with van der Waals surface area (Å²) in [6.45, 7) is 2.51. The Morgan fingerprint density at radius 3 is 2.81 bits per heavy atom. The Morgan fingerprint density at radius 2 is 2.06 bits per heavy atom. The molecule has 172 valence electrons. The van der Waals surface area contributed by atoms with E-state index in [0.29, 0.717) is 42.5 Å². The summed E-state index contributed by atoms with van der Waals surface area (Å²) in [5, 5.41) is 33.8. The number of likely N-dealkylation sites (tertiary alicyclic amines) is 1. The van der Waals surface area contributed by atoms with E-state index < -0.39 is 11.6 Å².